The van der Waals surface area contributed by atoms with Gasteiger partial charge in [-0.15, -0.1) is 0 Å². The van der Waals surface area contributed by atoms with Crippen LogP contribution in [0.3, 0.4) is 0 Å². The Morgan fingerprint density at radius 3 is 0.473 bits per heavy atom. The van der Waals surface area contributed by atoms with Gasteiger partial charge in [0.15, 0.2) is 52.0 Å². The molecule has 7 aromatic rings. The Morgan fingerprint density at radius 1 is 0.193 bits per heavy atom. The van der Waals surface area contributed by atoms with E-state index < -0.39 is 0 Å². The van der Waals surface area contributed by atoms with Gasteiger partial charge in [0.2, 0.25) is 17.2 Å². The van der Waals surface area contributed by atoms with Crippen LogP contribution in [0.2, 0.25) is 0 Å². The Labute approximate surface area is 913 Å². The fourth-order valence-corrected chi connectivity index (χ4v) is 19.2. The number of hydrogen-bond donors (Lipinski definition) is 3. The van der Waals surface area contributed by atoms with Crippen LogP contribution in [0.15, 0.2) is 109 Å². The normalized spacial score (nSPS) is 13.7. The molecule has 1 aromatic heterocycles. The van der Waals surface area contributed by atoms with Crippen LogP contribution < -0.4 is 58.6 Å². The summed E-state index contributed by atoms with van der Waals surface area (Å²) in [5, 5.41) is 9.70. The van der Waals surface area contributed by atoms with Crippen molar-refractivity contribution in [2.24, 2.45) is 107 Å². The third kappa shape index (κ3) is 52.2. The van der Waals surface area contributed by atoms with Crippen LogP contribution in [0.5, 0.6) is 51.7 Å². The van der Waals surface area contributed by atoms with E-state index in [1.54, 1.807) is 0 Å². The van der Waals surface area contributed by atoms with E-state index in [4.69, 9.17) is 57.6 Å². The summed E-state index contributed by atoms with van der Waals surface area (Å²) in [6.07, 6.45) is 39.2. The summed E-state index contributed by atoms with van der Waals surface area (Å²) in [6.45, 7) is 66.2. The summed E-state index contributed by atoms with van der Waals surface area (Å²) in [7, 11) is 0. The number of benzene rings is 6. The van der Waals surface area contributed by atoms with Gasteiger partial charge in [-0.1, -0.05) is 360 Å². The summed E-state index contributed by atoms with van der Waals surface area (Å²) in [5.41, 5.74) is 4.79. The highest BCUT2D eigenvalue weighted by Gasteiger charge is 2.28. The van der Waals surface area contributed by atoms with Crippen LogP contribution in [0.1, 0.15) is 449 Å². The summed E-state index contributed by atoms with van der Waals surface area (Å²) in [6, 6.07) is 33.6. The number of rotatable bonds is 81. The van der Waals surface area contributed by atoms with E-state index in [9.17, 15) is 0 Å². The maximum absolute atomic E-state index is 15.1. The molecular formula is C132H210N6O12. The zero-order chi connectivity index (χ0) is 109. The second-order valence-electron chi connectivity index (χ2n) is 49.4. The van der Waals surface area contributed by atoms with Gasteiger partial charge in [-0.2, -0.15) is 0 Å². The zero-order valence-electron chi connectivity index (χ0n) is 99.3. The Morgan fingerprint density at radius 2 is 0.333 bits per heavy atom. The van der Waals surface area contributed by atoms with E-state index in [1.807, 2.05) is 109 Å². The number of carbonyl (C=O) groups is 3. The molecule has 0 aliphatic carbocycles. The maximum atomic E-state index is 15.1. The molecule has 0 aliphatic heterocycles. The molecule has 18 heteroatoms. The number of carbonyl (C=O) groups excluding carboxylic acids is 3. The van der Waals surface area contributed by atoms with E-state index in [0.29, 0.717) is 286 Å². The van der Waals surface area contributed by atoms with Gasteiger partial charge in [0, 0.05) is 50.4 Å². The molecule has 150 heavy (non-hydrogen) atoms. The molecule has 18 nitrogen and oxygen atoms in total. The minimum absolute atomic E-state index is 0.332. The second-order valence-corrected chi connectivity index (χ2v) is 49.4. The molecule has 0 saturated carbocycles. The fraction of sp³-hybridized carbons (Fsp3) is 0.682. The number of amides is 3. The molecule has 0 bridgehead atoms. The Hall–Kier alpha value is -9.06. The van der Waals surface area contributed by atoms with Gasteiger partial charge >= 0.3 is 0 Å². The van der Waals surface area contributed by atoms with Crippen molar-refractivity contribution in [1.82, 2.24) is 15.0 Å². The number of hydrogen-bond acceptors (Lipinski definition) is 15. The third-order valence-corrected chi connectivity index (χ3v) is 29.8. The first-order valence-electron chi connectivity index (χ1n) is 59.9. The fourth-order valence-electron chi connectivity index (χ4n) is 19.2. The molecule has 6 aromatic carbocycles. The highest BCUT2D eigenvalue weighted by atomic mass is 16.6. The summed E-state index contributed by atoms with van der Waals surface area (Å²) in [5.74, 6) is 14.8. The van der Waals surface area contributed by atoms with Gasteiger partial charge in [-0.25, -0.2) is 15.0 Å². The van der Waals surface area contributed by atoms with E-state index in [1.165, 1.54) is 116 Å². The number of nitrogens with one attached hydrogen (secondary N) is 3. The van der Waals surface area contributed by atoms with Crippen LogP contribution in [-0.4, -0.2) is 92.1 Å². The summed E-state index contributed by atoms with van der Waals surface area (Å²) in [4.78, 5) is 61.0. The number of ether oxygens (including phenoxy) is 9. The Kier molecular flexibility index (Phi) is 60.6. The number of nitrogens with zero attached hydrogens (tertiary/aromatic N) is 3. The van der Waals surface area contributed by atoms with Gasteiger partial charge < -0.3 is 58.6 Å². The average Bonchev–Trinajstić information content (AvgIpc) is 0.783. The molecule has 0 saturated heterocycles. The SMILES string of the molecule is CC(C)CCC[C@@H](C)CCOc1cc(C(=O)Nc2ccc(-c3nc(-c4ccc(NC(=O)c5cc(OCC[C@H](C)CCCC(C)C)c(OCC[C@H](C)CCCC(C)C)c(OCC[C@H](C)CCCC(C)C)c5)cc4)nc(-c4ccc(NC(=O)c5cc(OCC[C@H](C)CCCC(C)C)c(OCC[C@H](C)CCCC(C)C)c(OCC[C@H](C)CCCC(C)C)c5)cc4)n3)cc2)cc(OCC[C@H](C)CCCC(C)C)c1OCC[C@H](C)CCCC(C)C. The van der Waals surface area contributed by atoms with Gasteiger partial charge in [-0.05, 0) is 274 Å². The molecule has 840 valence electrons. The number of anilines is 3. The first-order chi connectivity index (χ1) is 71.7. The van der Waals surface area contributed by atoms with Crippen molar-refractivity contribution < 1.29 is 57.0 Å². The van der Waals surface area contributed by atoms with Gasteiger partial charge in [0.25, 0.3) is 17.7 Å². The summed E-state index contributed by atoms with van der Waals surface area (Å²) >= 11 is 0. The van der Waals surface area contributed by atoms with Crippen molar-refractivity contribution in [3.05, 3.63) is 126 Å². The van der Waals surface area contributed by atoms with Crippen LogP contribution in [-0.2, 0) is 0 Å². The average molecular weight is 2070 g/mol. The molecule has 0 aliphatic rings. The van der Waals surface area contributed by atoms with Crippen LogP contribution in [0.4, 0.5) is 17.1 Å². The van der Waals surface area contributed by atoms with E-state index in [-0.39, 0.29) is 17.7 Å². The smallest absolute Gasteiger partial charge is 0.255 e. The maximum Gasteiger partial charge on any atom is 0.255 e. The first kappa shape index (κ1) is 128. The molecule has 1 heterocycles. The predicted molar refractivity (Wildman–Crippen MR) is 631 cm³/mol. The van der Waals surface area contributed by atoms with E-state index >= 15 is 14.4 Å². The minimum atomic E-state index is -0.332. The lowest BCUT2D eigenvalue weighted by atomic mass is 9.97. The lowest BCUT2D eigenvalue weighted by Gasteiger charge is -2.21. The largest absolute Gasteiger partial charge is 0.490 e. The standard InChI is InChI=1S/C132H210N6O12/c1-91(2)37-28-46-100(19)67-76-142-118-85-112(86-119(143-77-68-101(20)47-29-38-92(3)4)124(118)148-82-73-106(25)52-34-43-97(13)14)130(139)133-115-61-55-109(56-62-115)127-136-128(110-57-63-116(64-58-110)134-131(140)113-87-120(144-78-69-102(21)48-30-39-93(5)6)125(149-83-74-107(26)53-35-44-98(15)16)121(88-113)145-79-70-103(22)49-31-40-94(7)8)138-129(137-127)111-59-65-117(66-60-111)135-132(141)114-89-122(146-80-71-104(23)50-32-41-95(9)10)126(150-84-75-108(27)54-36-45-99(17)18)123(90-114)147-81-72-105(24)51-33-42-96(11)12/h55-66,85-108H,28-54,67-84H2,1-27H3,(H,133,139)(H,134,140)(H,135,141)/t100-,101-,102-,103-,104-,105-,106-,107-,108-/m1/s1. The van der Waals surface area contributed by atoms with Crippen molar-refractivity contribution in [3.8, 4) is 85.9 Å². The molecule has 7 rings (SSSR count). The van der Waals surface area contributed by atoms with Crippen LogP contribution >= 0.6 is 0 Å². The molecule has 3 amide bonds. The first-order valence-corrected chi connectivity index (χ1v) is 59.9. The van der Waals surface area contributed by atoms with Crippen molar-refractivity contribution in [1.29, 1.82) is 0 Å². The van der Waals surface area contributed by atoms with Crippen LogP contribution in [0.25, 0.3) is 34.2 Å². The Balaban J connectivity index is 1.30. The third-order valence-electron chi connectivity index (χ3n) is 29.8. The molecule has 0 spiro atoms. The lowest BCUT2D eigenvalue weighted by Crippen LogP contribution is -2.15. The monoisotopic (exact) mass is 2070 g/mol. The highest BCUT2D eigenvalue weighted by molar-refractivity contribution is 6.07. The van der Waals surface area contributed by atoms with Gasteiger partial charge in [-0.3, -0.25) is 14.4 Å². The van der Waals surface area contributed by atoms with Crippen molar-refractivity contribution >= 4 is 34.8 Å². The van der Waals surface area contributed by atoms with Gasteiger partial charge in [0.05, 0.1) is 59.5 Å². The highest BCUT2D eigenvalue weighted by Crippen LogP contribution is 2.45. The van der Waals surface area contributed by atoms with Crippen molar-refractivity contribution in [3.63, 3.8) is 0 Å². The van der Waals surface area contributed by atoms with Gasteiger partial charge in [0.1, 0.15) is 0 Å². The Bertz CT molecular complexity index is 4240. The topological polar surface area (TPSA) is 209 Å². The van der Waals surface area contributed by atoms with Crippen LogP contribution in [0, 0.1) is 107 Å². The predicted octanol–water partition coefficient (Wildman–Crippen LogP) is 37.7. The molecule has 9 atom stereocenters. The molecular weight excluding hydrogens is 1860 g/mol. The van der Waals surface area contributed by atoms with E-state index in [0.717, 1.165) is 116 Å². The minimum Gasteiger partial charge on any atom is -0.490 e. The lowest BCUT2D eigenvalue weighted by molar-refractivity contribution is 0.101. The quantitative estimate of drug-likeness (QED) is 0.0324. The second kappa shape index (κ2) is 71.1. The number of aromatic nitrogens is 3. The van der Waals surface area contributed by atoms with Crippen molar-refractivity contribution in [2.45, 2.75) is 418 Å². The van der Waals surface area contributed by atoms with Crippen molar-refractivity contribution in [2.75, 3.05) is 75.4 Å². The molecule has 0 radical (unpaired) electrons. The molecule has 0 fully saturated rings. The summed E-state index contributed by atoms with van der Waals surface area (Å²) < 4.78 is 61.3. The zero-order valence-corrected chi connectivity index (χ0v) is 99.3. The van der Waals surface area contributed by atoms with E-state index in [2.05, 4.69) is 203 Å². The molecule has 0 unspecified atom stereocenters. The molecule has 3 N–H and O–H groups in total.